The number of benzene rings is 1. The number of nitrogens with one attached hydrogen (secondary N) is 1. The molecule has 4 rings (SSSR count). The highest BCUT2D eigenvalue weighted by Crippen LogP contribution is 2.24. The molecule has 1 aliphatic heterocycles. The number of sulfonamides is 1. The van der Waals surface area contributed by atoms with E-state index in [0.717, 1.165) is 6.07 Å². The zero-order chi connectivity index (χ0) is 21.1. The lowest BCUT2D eigenvalue weighted by molar-refractivity contribution is 0.381. The first-order chi connectivity index (χ1) is 14.4. The van der Waals surface area contributed by atoms with Crippen LogP contribution >= 0.6 is 0 Å². The summed E-state index contributed by atoms with van der Waals surface area (Å²) >= 11 is 0. The predicted octanol–water partition coefficient (Wildman–Crippen LogP) is 2.57. The van der Waals surface area contributed by atoms with Crippen molar-refractivity contribution in [2.75, 3.05) is 36.4 Å². The zero-order valence-corrected chi connectivity index (χ0v) is 17.2. The first-order valence-corrected chi connectivity index (χ1v) is 10.9. The van der Waals surface area contributed by atoms with Gasteiger partial charge in [-0.25, -0.2) is 27.8 Å². The fourth-order valence-electron chi connectivity index (χ4n) is 3.30. The molecule has 0 radical (unpaired) electrons. The van der Waals surface area contributed by atoms with Crippen LogP contribution in [-0.2, 0) is 10.0 Å². The first-order valence-electron chi connectivity index (χ1n) is 9.47. The monoisotopic (exact) mass is 428 g/mol. The minimum Gasteiger partial charge on any atom is -0.354 e. The highest BCUT2D eigenvalue weighted by molar-refractivity contribution is 7.89. The summed E-state index contributed by atoms with van der Waals surface area (Å²) in [6.07, 6.45) is 1.69. The predicted molar refractivity (Wildman–Crippen MR) is 112 cm³/mol. The van der Waals surface area contributed by atoms with Crippen LogP contribution in [0.4, 0.5) is 21.8 Å². The number of aryl methyl sites for hydroxylation is 1. The number of hydrogen-bond donors (Lipinski definition) is 1. The van der Waals surface area contributed by atoms with Gasteiger partial charge < -0.3 is 10.2 Å². The highest BCUT2D eigenvalue weighted by atomic mass is 32.2. The van der Waals surface area contributed by atoms with Crippen molar-refractivity contribution in [3.05, 3.63) is 66.4 Å². The highest BCUT2D eigenvalue weighted by Gasteiger charge is 2.31. The van der Waals surface area contributed by atoms with Crippen LogP contribution < -0.4 is 10.2 Å². The smallest absolute Gasteiger partial charge is 0.246 e. The van der Waals surface area contributed by atoms with Crippen molar-refractivity contribution >= 4 is 27.5 Å². The van der Waals surface area contributed by atoms with Crippen LogP contribution in [0, 0.1) is 12.7 Å². The number of rotatable bonds is 5. The van der Waals surface area contributed by atoms with Gasteiger partial charge in [0.05, 0.1) is 0 Å². The topological polar surface area (TPSA) is 91.3 Å². The molecule has 2 aromatic heterocycles. The number of anilines is 3. The maximum atomic E-state index is 14.0. The molecule has 0 atom stereocenters. The van der Waals surface area contributed by atoms with Gasteiger partial charge >= 0.3 is 0 Å². The lowest BCUT2D eigenvalue weighted by Gasteiger charge is -2.34. The van der Waals surface area contributed by atoms with Crippen molar-refractivity contribution in [3.8, 4) is 0 Å². The summed E-state index contributed by atoms with van der Waals surface area (Å²) in [4.78, 5) is 14.8. The molecule has 1 fully saturated rings. The molecule has 156 valence electrons. The van der Waals surface area contributed by atoms with Crippen LogP contribution in [0.15, 0.2) is 59.6 Å². The molecule has 0 spiro atoms. The molecule has 0 aliphatic carbocycles. The van der Waals surface area contributed by atoms with Gasteiger partial charge in [0.1, 0.15) is 34.0 Å². The van der Waals surface area contributed by atoms with Crippen molar-refractivity contribution < 1.29 is 12.8 Å². The molecule has 3 aromatic rings. The molecule has 0 amide bonds. The van der Waals surface area contributed by atoms with Crippen LogP contribution in [0.2, 0.25) is 0 Å². The molecule has 3 heterocycles. The van der Waals surface area contributed by atoms with E-state index in [9.17, 15) is 12.8 Å². The molecule has 1 N–H and O–H groups in total. The normalized spacial score (nSPS) is 15.2. The van der Waals surface area contributed by atoms with E-state index in [0.29, 0.717) is 36.4 Å². The summed E-state index contributed by atoms with van der Waals surface area (Å²) in [6, 6.07) is 12.8. The third-order valence-electron chi connectivity index (χ3n) is 4.76. The van der Waals surface area contributed by atoms with E-state index >= 15 is 0 Å². The Hall–Kier alpha value is -3.11. The van der Waals surface area contributed by atoms with Gasteiger partial charge in [-0.2, -0.15) is 4.31 Å². The maximum Gasteiger partial charge on any atom is 0.246 e. The standard InChI is InChI=1S/C20H21FN6O2S/c1-15-23-19(25-18-8-4-5-9-22-18)14-20(24-15)26-10-12-27(13-11-26)30(28,29)17-7-3-2-6-16(17)21/h2-9,14H,10-13H2,1H3,(H,22,23,24,25). The summed E-state index contributed by atoms with van der Waals surface area (Å²) in [7, 11) is -3.88. The molecular formula is C20H21FN6O2S. The van der Waals surface area contributed by atoms with Crippen LogP contribution in [0.5, 0.6) is 0 Å². The molecule has 10 heteroatoms. The fourth-order valence-corrected chi connectivity index (χ4v) is 4.78. The van der Waals surface area contributed by atoms with Crippen molar-refractivity contribution in [1.29, 1.82) is 0 Å². The van der Waals surface area contributed by atoms with Crippen LogP contribution in [0.3, 0.4) is 0 Å². The van der Waals surface area contributed by atoms with Gasteiger partial charge in [-0.3, -0.25) is 0 Å². The molecule has 0 bridgehead atoms. The largest absolute Gasteiger partial charge is 0.354 e. The molecule has 1 aliphatic rings. The number of hydrogen-bond acceptors (Lipinski definition) is 7. The molecule has 30 heavy (non-hydrogen) atoms. The number of aromatic nitrogens is 3. The van der Waals surface area contributed by atoms with E-state index in [1.807, 2.05) is 29.2 Å². The van der Waals surface area contributed by atoms with Crippen molar-refractivity contribution in [1.82, 2.24) is 19.3 Å². The van der Waals surface area contributed by atoms with Crippen molar-refractivity contribution in [2.45, 2.75) is 11.8 Å². The Morgan fingerprint density at radius 2 is 1.70 bits per heavy atom. The number of nitrogens with zero attached hydrogens (tertiary/aromatic N) is 5. The Kier molecular flexibility index (Phi) is 5.60. The average Bonchev–Trinajstić information content (AvgIpc) is 2.74. The van der Waals surface area contributed by atoms with Crippen LogP contribution in [0.25, 0.3) is 0 Å². The van der Waals surface area contributed by atoms with E-state index < -0.39 is 15.8 Å². The average molecular weight is 428 g/mol. The first kappa shape index (κ1) is 20.2. The van der Waals surface area contributed by atoms with Gasteiger partial charge in [0.15, 0.2) is 0 Å². The SMILES string of the molecule is Cc1nc(Nc2ccccn2)cc(N2CCN(S(=O)(=O)c3ccccc3F)CC2)n1. The summed E-state index contributed by atoms with van der Waals surface area (Å²) in [5, 5.41) is 3.15. The number of piperazine rings is 1. The van der Waals surface area contributed by atoms with Crippen molar-refractivity contribution in [3.63, 3.8) is 0 Å². The second kappa shape index (κ2) is 8.33. The van der Waals surface area contributed by atoms with Gasteiger partial charge in [-0.15, -0.1) is 0 Å². The Balaban J connectivity index is 1.48. The van der Waals surface area contributed by atoms with Gasteiger partial charge in [0, 0.05) is 38.4 Å². The molecule has 0 unspecified atom stereocenters. The summed E-state index contributed by atoms with van der Waals surface area (Å²) < 4.78 is 40.9. The van der Waals surface area contributed by atoms with E-state index in [1.165, 1.54) is 22.5 Å². The van der Waals surface area contributed by atoms with E-state index in [1.54, 1.807) is 13.1 Å². The van der Waals surface area contributed by atoms with Gasteiger partial charge in [0.2, 0.25) is 10.0 Å². The molecule has 0 saturated carbocycles. The quantitative estimate of drug-likeness (QED) is 0.668. The van der Waals surface area contributed by atoms with Gasteiger partial charge in [0.25, 0.3) is 0 Å². The third-order valence-corrected chi connectivity index (χ3v) is 6.69. The second-order valence-corrected chi connectivity index (χ2v) is 8.73. The zero-order valence-electron chi connectivity index (χ0n) is 16.4. The summed E-state index contributed by atoms with van der Waals surface area (Å²) in [5.74, 6) is 1.83. The summed E-state index contributed by atoms with van der Waals surface area (Å²) in [6.45, 7) is 3.15. The number of pyridine rings is 1. The molecule has 1 saturated heterocycles. The Morgan fingerprint density at radius 3 is 2.40 bits per heavy atom. The summed E-state index contributed by atoms with van der Waals surface area (Å²) in [5.41, 5.74) is 0. The minimum absolute atomic E-state index is 0.239. The Labute approximate surface area is 174 Å². The van der Waals surface area contributed by atoms with Crippen molar-refractivity contribution in [2.24, 2.45) is 0 Å². The second-order valence-electron chi connectivity index (χ2n) is 6.82. The van der Waals surface area contributed by atoms with Crippen LogP contribution in [0.1, 0.15) is 5.82 Å². The Bertz CT molecular complexity index is 1140. The molecule has 8 nitrogen and oxygen atoms in total. The van der Waals surface area contributed by atoms with Gasteiger partial charge in [-0.1, -0.05) is 18.2 Å². The maximum absolute atomic E-state index is 14.0. The Morgan fingerprint density at radius 1 is 0.967 bits per heavy atom. The lowest BCUT2D eigenvalue weighted by atomic mass is 10.3. The lowest BCUT2D eigenvalue weighted by Crippen LogP contribution is -2.49. The number of halogens is 1. The minimum atomic E-state index is -3.88. The fraction of sp³-hybridized carbons (Fsp3) is 0.250. The third kappa shape index (κ3) is 4.24. The van der Waals surface area contributed by atoms with E-state index in [2.05, 4.69) is 20.3 Å². The van der Waals surface area contributed by atoms with E-state index in [-0.39, 0.29) is 18.0 Å². The molecule has 1 aromatic carbocycles. The van der Waals surface area contributed by atoms with E-state index in [4.69, 9.17) is 0 Å². The van der Waals surface area contributed by atoms with Gasteiger partial charge in [-0.05, 0) is 31.2 Å². The molecular weight excluding hydrogens is 407 g/mol. The van der Waals surface area contributed by atoms with Crippen LogP contribution in [-0.4, -0.2) is 53.9 Å².